The third-order valence-corrected chi connectivity index (χ3v) is 3.20. The van der Waals surface area contributed by atoms with Gasteiger partial charge in [-0.15, -0.1) is 0 Å². The number of amides is 1. The molecule has 0 saturated carbocycles. The van der Waals surface area contributed by atoms with Crippen molar-refractivity contribution in [3.8, 4) is 0 Å². The van der Waals surface area contributed by atoms with Gasteiger partial charge in [-0.05, 0) is 31.2 Å². The van der Waals surface area contributed by atoms with Gasteiger partial charge in [0.05, 0.1) is 29.0 Å². The molecule has 5 heteroatoms. The summed E-state index contributed by atoms with van der Waals surface area (Å²) in [4.78, 5) is 25.0. The Morgan fingerprint density at radius 3 is 2.43 bits per heavy atom. The van der Waals surface area contributed by atoms with Gasteiger partial charge in [-0.3, -0.25) is 9.78 Å². The number of rotatable bonds is 3. The Labute approximate surface area is 122 Å². The van der Waals surface area contributed by atoms with Crippen LogP contribution in [0.4, 0.5) is 0 Å². The summed E-state index contributed by atoms with van der Waals surface area (Å²) >= 11 is 0. The molecule has 0 fully saturated rings. The molecule has 3 rings (SSSR count). The van der Waals surface area contributed by atoms with Gasteiger partial charge in [-0.25, -0.2) is 9.97 Å². The molecule has 0 bridgehead atoms. The number of hydrogen-bond acceptors (Lipinski definition) is 4. The first kappa shape index (κ1) is 13.2. The van der Waals surface area contributed by atoms with Crippen LogP contribution in [0.2, 0.25) is 0 Å². The summed E-state index contributed by atoms with van der Waals surface area (Å²) in [5.74, 6) is -0.147. The Morgan fingerprint density at radius 2 is 1.71 bits per heavy atom. The molecule has 0 unspecified atom stereocenters. The molecule has 1 aromatic carbocycles. The molecule has 21 heavy (non-hydrogen) atoms. The van der Waals surface area contributed by atoms with Crippen LogP contribution >= 0.6 is 0 Å². The van der Waals surface area contributed by atoms with Crippen molar-refractivity contribution < 1.29 is 4.79 Å². The first-order valence-electron chi connectivity index (χ1n) is 6.64. The van der Waals surface area contributed by atoms with Crippen LogP contribution in [-0.4, -0.2) is 20.9 Å². The predicted octanol–water partition coefficient (Wildman–Crippen LogP) is 2.26. The largest absolute Gasteiger partial charge is 0.346 e. The number of nitrogens with zero attached hydrogens (tertiary/aromatic N) is 3. The molecule has 2 heterocycles. The topological polar surface area (TPSA) is 67.8 Å². The van der Waals surface area contributed by atoms with Gasteiger partial charge in [-0.1, -0.05) is 12.1 Å². The molecule has 0 aliphatic rings. The smallest absolute Gasteiger partial charge is 0.251 e. The maximum absolute atomic E-state index is 12.0. The van der Waals surface area contributed by atoms with Gasteiger partial charge in [0.25, 0.3) is 5.91 Å². The highest BCUT2D eigenvalue weighted by Crippen LogP contribution is 2.12. The molecule has 2 aromatic heterocycles. The molecule has 1 amide bonds. The van der Waals surface area contributed by atoms with Crippen molar-refractivity contribution in [2.45, 2.75) is 13.5 Å². The lowest BCUT2D eigenvalue weighted by Crippen LogP contribution is -2.24. The number of benzene rings is 1. The molecule has 3 aromatic rings. The minimum absolute atomic E-state index is 0.147. The molecule has 0 atom stereocenters. The zero-order chi connectivity index (χ0) is 14.7. The second-order valence-electron chi connectivity index (χ2n) is 4.66. The number of pyridine rings is 1. The first-order chi connectivity index (χ1) is 10.2. The van der Waals surface area contributed by atoms with Crippen molar-refractivity contribution in [1.29, 1.82) is 0 Å². The van der Waals surface area contributed by atoms with E-state index in [-0.39, 0.29) is 5.91 Å². The van der Waals surface area contributed by atoms with Crippen LogP contribution in [0.15, 0.2) is 48.8 Å². The van der Waals surface area contributed by atoms with Gasteiger partial charge in [0, 0.05) is 18.0 Å². The van der Waals surface area contributed by atoms with E-state index in [1.807, 2.05) is 31.2 Å². The van der Waals surface area contributed by atoms with E-state index in [4.69, 9.17) is 0 Å². The molecule has 0 saturated heterocycles. The number of carbonyl (C=O) groups excluding carboxylic acids is 1. The monoisotopic (exact) mass is 278 g/mol. The summed E-state index contributed by atoms with van der Waals surface area (Å²) in [6, 6.07) is 11.0. The van der Waals surface area contributed by atoms with Crippen molar-refractivity contribution in [3.63, 3.8) is 0 Å². The standard InChI is InChI=1S/C16H14N4O/c1-11-15(20-14-5-3-2-4-13(14)19-11)10-18-16(21)12-6-8-17-9-7-12/h2-9H,10H2,1H3,(H,18,21). The average molecular weight is 278 g/mol. The van der Waals surface area contributed by atoms with Crippen molar-refractivity contribution in [1.82, 2.24) is 20.3 Å². The molecular weight excluding hydrogens is 264 g/mol. The number of aromatic nitrogens is 3. The SMILES string of the molecule is Cc1nc2ccccc2nc1CNC(=O)c1ccncc1. The Bertz CT molecular complexity index is 787. The van der Waals surface area contributed by atoms with Gasteiger partial charge in [0.15, 0.2) is 0 Å². The van der Waals surface area contributed by atoms with Crippen LogP contribution in [0.1, 0.15) is 21.7 Å². The van der Waals surface area contributed by atoms with Crippen LogP contribution in [0, 0.1) is 6.92 Å². The second kappa shape index (κ2) is 5.66. The van der Waals surface area contributed by atoms with Gasteiger partial charge in [0.1, 0.15) is 0 Å². The van der Waals surface area contributed by atoms with Gasteiger partial charge in [-0.2, -0.15) is 0 Å². The quantitative estimate of drug-likeness (QED) is 0.798. The lowest BCUT2D eigenvalue weighted by molar-refractivity contribution is 0.0950. The minimum atomic E-state index is -0.147. The maximum atomic E-state index is 12.0. The Kier molecular flexibility index (Phi) is 3.55. The highest BCUT2D eigenvalue weighted by atomic mass is 16.1. The predicted molar refractivity (Wildman–Crippen MR) is 79.7 cm³/mol. The summed E-state index contributed by atoms with van der Waals surface area (Å²) < 4.78 is 0. The van der Waals surface area contributed by atoms with Crippen LogP contribution in [-0.2, 0) is 6.54 Å². The van der Waals surface area contributed by atoms with Crippen molar-refractivity contribution in [2.24, 2.45) is 0 Å². The molecule has 0 radical (unpaired) electrons. The van der Waals surface area contributed by atoms with E-state index in [1.54, 1.807) is 24.5 Å². The Hall–Kier alpha value is -2.82. The summed E-state index contributed by atoms with van der Waals surface area (Å²) in [6.07, 6.45) is 3.19. The third-order valence-electron chi connectivity index (χ3n) is 3.20. The lowest BCUT2D eigenvalue weighted by atomic mass is 10.2. The highest BCUT2D eigenvalue weighted by molar-refractivity contribution is 5.93. The van der Waals surface area contributed by atoms with E-state index in [1.165, 1.54) is 0 Å². The maximum Gasteiger partial charge on any atom is 0.251 e. The van der Waals surface area contributed by atoms with E-state index < -0.39 is 0 Å². The highest BCUT2D eigenvalue weighted by Gasteiger charge is 2.08. The second-order valence-corrected chi connectivity index (χ2v) is 4.66. The van der Waals surface area contributed by atoms with Crippen LogP contribution in [0.5, 0.6) is 0 Å². The molecular formula is C16H14N4O. The third kappa shape index (κ3) is 2.86. The van der Waals surface area contributed by atoms with Crippen LogP contribution in [0.25, 0.3) is 11.0 Å². The number of para-hydroxylation sites is 2. The zero-order valence-electron chi connectivity index (χ0n) is 11.6. The molecule has 0 aliphatic heterocycles. The Balaban J connectivity index is 1.79. The van der Waals surface area contributed by atoms with E-state index in [0.717, 1.165) is 22.4 Å². The number of hydrogen-bond donors (Lipinski definition) is 1. The number of fused-ring (bicyclic) bond motifs is 1. The van der Waals surface area contributed by atoms with Gasteiger partial charge >= 0.3 is 0 Å². The first-order valence-corrected chi connectivity index (χ1v) is 6.64. The fourth-order valence-electron chi connectivity index (χ4n) is 2.06. The molecule has 1 N–H and O–H groups in total. The minimum Gasteiger partial charge on any atom is -0.346 e. The summed E-state index contributed by atoms with van der Waals surface area (Å²) in [5.41, 5.74) is 3.87. The molecule has 0 spiro atoms. The molecule has 0 aliphatic carbocycles. The van der Waals surface area contributed by atoms with E-state index in [9.17, 15) is 4.79 Å². The fourth-order valence-corrected chi connectivity index (χ4v) is 2.06. The van der Waals surface area contributed by atoms with Crippen molar-refractivity contribution in [2.75, 3.05) is 0 Å². The zero-order valence-corrected chi connectivity index (χ0v) is 11.6. The van der Waals surface area contributed by atoms with E-state index in [0.29, 0.717) is 12.1 Å². The average Bonchev–Trinajstić information content (AvgIpc) is 2.53. The molecule has 5 nitrogen and oxygen atoms in total. The van der Waals surface area contributed by atoms with Crippen molar-refractivity contribution in [3.05, 3.63) is 65.7 Å². The Morgan fingerprint density at radius 1 is 1.05 bits per heavy atom. The van der Waals surface area contributed by atoms with Gasteiger partial charge in [0.2, 0.25) is 0 Å². The summed E-state index contributed by atoms with van der Waals surface area (Å²) in [7, 11) is 0. The number of nitrogens with one attached hydrogen (secondary N) is 1. The van der Waals surface area contributed by atoms with E-state index in [2.05, 4.69) is 20.3 Å². The number of carbonyl (C=O) groups is 1. The summed E-state index contributed by atoms with van der Waals surface area (Å²) in [6.45, 7) is 2.25. The summed E-state index contributed by atoms with van der Waals surface area (Å²) in [5, 5.41) is 2.85. The molecule has 104 valence electrons. The van der Waals surface area contributed by atoms with Gasteiger partial charge < -0.3 is 5.32 Å². The van der Waals surface area contributed by atoms with E-state index >= 15 is 0 Å². The lowest BCUT2D eigenvalue weighted by Gasteiger charge is -2.08. The number of aryl methyl sites for hydroxylation is 1. The fraction of sp³-hybridized carbons (Fsp3) is 0.125. The normalized spacial score (nSPS) is 10.5. The van der Waals surface area contributed by atoms with Crippen molar-refractivity contribution >= 4 is 16.9 Å². The van der Waals surface area contributed by atoms with Crippen LogP contribution in [0.3, 0.4) is 0 Å². The van der Waals surface area contributed by atoms with Crippen LogP contribution < -0.4 is 5.32 Å².